The standard InChI is InChI=1S/C14H12F3NO3/c1-2-20-13(19)12-8-11(21-18-12)7-9-3-5-10(6-4-9)14(15,16)17/h3-6,8H,2,7H2,1H3. The lowest BCUT2D eigenvalue weighted by atomic mass is 10.1. The van der Waals surface area contributed by atoms with E-state index in [2.05, 4.69) is 5.16 Å². The SMILES string of the molecule is CCOC(=O)c1cc(Cc2ccc(C(F)(F)F)cc2)on1. The Hall–Kier alpha value is -2.31. The Morgan fingerprint density at radius 2 is 1.95 bits per heavy atom. The minimum atomic E-state index is -4.36. The molecule has 112 valence electrons. The van der Waals surface area contributed by atoms with Crippen LogP contribution in [0.5, 0.6) is 0 Å². The van der Waals surface area contributed by atoms with Gasteiger partial charge in [0.2, 0.25) is 0 Å². The average Bonchev–Trinajstić information content (AvgIpc) is 2.87. The van der Waals surface area contributed by atoms with Crippen molar-refractivity contribution in [1.29, 1.82) is 0 Å². The molecule has 0 amide bonds. The molecule has 0 fully saturated rings. The maximum atomic E-state index is 12.4. The molecule has 0 spiro atoms. The maximum absolute atomic E-state index is 12.4. The minimum Gasteiger partial charge on any atom is -0.461 e. The van der Waals surface area contributed by atoms with Crippen molar-refractivity contribution in [2.75, 3.05) is 6.61 Å². The van der Waals surface area contributed by atoms with Gasteiger partial charge in [-0.1, -0.05) is 17.3 Å². The van der Waals surface area contributed by atoms with Crippen molar-refractivity contribution in [3.8, 4) is 0 Å². The van der Waals surface area contributed by atoms with Crippen molar-refractivity contribution >= 4 is 5.97 Å². The molecule has 4 nitrogen and oxygen atoms in total. The topological polar surface area (TPSA) is 52.3 Å². The normalized spacial score (nSPS) is 11.4. The molecule has 0 unspecified atom stereocenters. The Balaban J connectivity index is 2.07. The van der Waals surface area contributed by atoms with E-state index in [4.69, 9.17) is 9.26 Å². The summed E-state index contributed by atoms with van der Waals surface area (Å²) in [6.45, 7) is 1.89. The van der Waals surface area contributed by atoms with Gasteiger partial charge < -0.3 is 9.26 Å². The summed E-state index contributed by atoms with van der Waals surface area (Å²) in [5.41, 5.74) is -0.0515. The largest absolute Gasteiger partial charge is 0.461 e. The maximum Gasteiger partial charge on any atom is 0.416 e. The number of rotatable bonds is 4. The molecule has 2 rings (SSSR count). The second-order valence-electron chi connectivity index (χ2n) is 4.27. The summed E-state index contributed by atoms with van der Waals surface area (Å²) in [5, 5.41) is 3.56. The van der Waals surface area contributed by atoms with Gasteiger partial charge in [-0.05, 0) is 24.6 Å². The van der Waals surface area contributed by atoms with Gasteiger partial charge in [-0.2, -0.15) is 13.2 Å². The van der Waals surface area contributed by atoms with Crippen LogP contribution in [0.4, 0.5) is 13.2 Å². The van der Waals surface area contributed by atoms with Crippen molar-refractivity contribution in [2.45, 2.75) is 19.5 Å². The van der Waals surface area contributed by atoms with Gasteiger partial charge in [-0.3, -0.25) is 0 Å². The van der Waals surface area contributed by atoms with E-state index in [1.165, 1.54) is 18.2 Å². The molecule has 0 saturated heterocycles. The fraction of sp³-hybridized carbons (Fsp3) is 0.286. The summed E-state index contributed by atoms with van der Waals surface area (Å²) in [4.78, 5) is 11.4. The second-order valence-corrected chi connectivity index (χ2v) is 4.27. The van der Waals surface area contributed by atoms with Crippen LogP contribution in [0, 0.1) is 0 Å². The van der Waals surface area contributed by atoms with Crippen LogP contribution in [0.1, 0.15) is 34.3 Å². The monoisotopic (exact) mass is 299 g/mol. The zero-order chi connectivity index (χ0) is 15.5. The lowest BCUT2D eigenvalue weighted by molar-refractivity contribution is -0.137. The first kappa shape index (κ1) is 15.1. The zero-order valence-electron chi connectivity index (χ0n) is 11.1. The number of hydrogen-bond acceptors (Lipinski definition) is 4. The number of hydrogen-bond donors (Lipinski definition) is 0. The summed E-state index contributed by atoms with van der Waals surface area (Å²) < 4.78 is 47.0. The minimum absolute atomic E-state index is 0.0405. The van der Waals surface area contributed by atoms with Gasteiger partial charge in [0.15, 0.2) is 5.69 Å². The zero-order valence-corrected chi connectivity index (χ0v) is 11.1. The van der Waals surface area contributed by atoms with Crippen molar-refractivity contribution in [3.63, 3.8) is 0 Å². The molecule has 7 heteroatoms. The van der Waals surface area contributed by atoms with Gasteiger partial charge in [0, 0.05) is 12.5 Å². The van der Waals surface area contributed by atoms with Gasteiger partial charge in [-0.25, -0.2) is 4.79 Å². The molecular weight excluding hydrogens is 287 g/mol. The number of alkyl halides is 3. The van der Waals surface area contributed by atoms with Crippen LogP contribution in [0.2, 0.25) is 0 Å². The van der Waals surface area contributed by atoms with E-state index in [1.54, 1.807) is 6.92 Å². The summed E-state index contributed by atoms with van der Waals surface area (Å²) >= 11 is 0. The number of benzene rings is 1. The first-order valence-corrected chi connectivity index (χ1v) is 6.19. The number of aromatic nitrogens is 1. The van der Waals surface area contributed by atoms with Crippen LogP contribution in [0.3, 0.4) is 0 Å². The van der Waals surface area contributed by atoms with E-state index in [1.807, 2.05) is 0 Å². The molecule has 0 aliphatic carbocycles. The Morgan fingerprint density at radius 1 is 1.29 bits per heavy atom. The third-order valence-electron chi connectivity index (χ3n) is 2.70. The van der Waals surface area contributed by atoms with E-state index in [-0.39, 0.29) is 18.7 Å². The van der Waals surface area contributed by atoms with Crippen LogP contribution in [-0.4, -0.2) is 17.7 Å². The Morgan fingerprint density at radius 3 is 2.52 bits per heavy atom. The lowest BCUT2D eigenvalue weighted by Gasteiger charge is -2.06. The third kappa shape index (κ3) is 3.84. The fourth-order valence-electron chi connectivity index (χ4n) is 1.71. The molecule has 1 aromatic carbocycles. The molecule has 0 N–H and O–H groups in total. The van der Waals surface area contributed by atoms with Gasteiger partial charge in [0.25, 0.3) is 0 Å². The summed E-state index contributed by atoms with van der Waals surface area (Å²) in [6.07, 6.45) is -4.12. The predicted molar refractivity (Wildman–Crippen MR) is 66.7 cm³/mol. The van der Waals surface area contributed by atoms with Gasteiger partial charge in [-0.15, -0.1) is 0 Å². The van der Waals surface area contributed by atoms with Crippen molar-refractivity contribution in [2.24, 2.45) is 0 Å². The number of nitrogens with zero attached hydrogens (tertiary/aromatic N) is 1. The molecule has 0 radical (unpaired) electrons. The molecule has 0 aliphatic rings. The van der Waals surface area contributed by atoms with Crippen LogP contribution in [0.25, 0.3) is 0 Å². The van der Waals surface area contributed by atoms with Crippen molar-refractivity contribution in [3.05, 3.63) is 52.9 Å². The smallest absolute Gasteiger partial charge is 0.416 e. The number of esters is 1. The summed E-state index contributed by atoms with van der Waals surface area (Å²) in [6, 6.07) is 6.12. The highest BCUT2D eigenvalue weighted by Gasteiger charge is 2.29. The molecule has 2 aromatic rings. The van der Waals surface area contributed by atoms with Gasteiger partial charge in [0.1, 0.15) is 5.76 Å². The van der Waals surface area contributed by atoms with E-state index in [0.717, 1.165) is 12.1 Å². The second kappa shape index (κ2) is 5.99. The van der Waals surface area contributed by atoms with Crippen LogP contribution < -0.4 is 0 Å². The summed E-state index contributed by atoms with van der Waals surface area (Å²) in [5.74, 6) is -0.224. The molecule has 0 saturated carbocycles. The number of carbonyl (C=O) groups excluding carboxylic acids is 1. The van der Waals surface area contributed by atoms with E-state index in [9.17, 15) is 18.0 Å². The molecular formula is C14H12F3NO3. The Kier molecular flexibility index (Phi) is 4.30. The number of ether oxygens (including phenoxy) is 1. The third-order valence-corrected chi connectivity index (χ3v) is 2.70. The highest BCUT2D eigenvalue weighted by atomic mass is 19.4. The van der Waals surface area contributed by atoms with Crippen LogP contribution >= 0.6 is 0 Å². The van der Waals surface area contributed by atoms with Crippen molar-refractivity contribution < 1.29 is 27.2 Å². The highest BCUT2D eigenvalue weighted by molar-refractivity contribution is 5.87. The van der Waals surface area contributed by atoms with Crippen LogP contribution in [0.15, 0.2) is 34.9 Å². The van der Waals surface area contributed by atoms with E-state index in [0.29, 0.717) is 11.3 Å². The Labute approximate surface area is 118 Å². The van der Waals surface area contributed by atoms with E-state index < -0.39 is 17.7 Å². The first-order valence-electron chi connectivity index (χ1n) is 6.19. The fourth-order valence-corrected chi connectivity index (χ4v) is 1.71. The molecule has 0 aliphatic heterocycles. The Bertz CT molecular complexity index is 617. The predicted octanol–water partition coefficient (Wildman–Crippen LogP) is 3.46. The van der Waals surface area contributed by atoms with Crippen molar-refractivity contribution in [1.82, 2.24) is 5.16 Å². The van der Waals surface area contributed by atoms with Gasteiger partial charge in [0.05, 0.1) is 12.2 Å². The summed E-state index contributed by atoms with van der Waals surface area (Å²) in [7, 11) is 0. The number of carbonyl (C=O) groups is 1. The molecule has 0 atom stereocenters. The highest BCUT2D eigenvalue weighted by Crippen LogP contribution is 2.29. The number of halogens is 3. The molecule has 0 bridgehead atoms. The van der Waals surface area contributed by atoms with Gasteiger partial charge >= 0.3 is 12.1 Å². The van der Waals surface area contributed by atoms with Crippen LogP contribution in [-0.2, 0) is 17.3 Å². The lowest BCUT2D eigenvalue weighted by Crippen LogP contribution is -2.04. The first-order chi connectivity index (χ1) is 9.90. The quantitative estimate of drug-likeness (QED) is 0.811. The average molecular weight is 299 g/mol. The molecule has 1 heterocycles. The molecule has 1 aromatic heterocycles. The van der Waals surface area contributed by atoms with E-state index >= 15 is 0 Å². The molecule has 21 heavy (non-hydrogen) atoms.